The minimum atomic E-state index is 1.04. The highest BCUT2D eigenvalue weighted by Gasteiger charge is 2.15. The van der Waals surface area contributed by atoms with Gasteiger partial charge in [-0.2, -0.15) is 4.57 Å². The Morgan fingerprint density at radius 3 is 3.10 bits per heavy atom. The largest absolute Gasteiger partial charge is 0.208 e. The summed E-state index contributed by atoms with van der Waals surface area (Å²) in [5, 5.41) is 0. The molecule has 2 heterocycles. The quantitative estimate of drug-likeness (QED) is 0.470. The molecule has 1 heteroatoms. The molecule has 1 aromatic heterocycles. The minimum Gasteiger partial charge on any atom is -0.195 e. The fourth-order valence-electron chi connectivity index (χ4n) is 1.33. The van der Waals surface area contributed by atoms with Crippen LogP contribution in [0.4, 0.5) is 0 Å². The smallest absolute Gasteiger partial charge is 0.195 e. The Morgan fingerprint density at radius 2 is 2.30 bits per heavy atom. The standard InChI is InChI=1S/C9H10N/c1-8-5-7-10-6-3-2-4-9(8)10/h2-6H,7H2,1H3/q+1. The summed E-state index contributed by atoms with van der Waals surface area (Å²) in [6.07, 6.45) is 4.36. The van der Waals surface area contributed by atoms with Gasteiger partial charge in [-0.05, 0) is 19.1 Å². The number of aromatic nitrogens is 1. The topological polar surface area (TPSA) is 3.88 Å². The lowest BCUT2D eigenvalue weighted by atomic mass is 10.2. The average Bonchev–Trinajstić information content (AvgIpc) is 2.34. The Kier molecular flexibility index (Phi) is 1.10. The Bertz CT molecular complexity index is 287. The van der Waals surface area contributed by atoms with Crippen LogP contribution in [0.25, 0.3) is 5.57 Å². The van der Waals surface area contributed by atoms with Crippen molar-refractivity contribution in [3.8, 4) is 0 Å². The Morgan fingerprint density at radius 1 is 1.40 bits per heavy atom. The molecule has 0 radical (unpaired) electrons. The molecule has 0 unspecified atom stereocenters. The normalized spacial score (nSPS) is 14.7. The van der Waals surface area contributed by atoms with Crippen molar-refractivity contribution in [3.63, 3.8) is 0 Å². The van der Waals surface area contributed by atoms with Gasteiger partial charge in [0, 0.05) is 17.7 Å². The Balaban J connectivity index is 2.61. The fraction of sp³-hybridized carbons (Fsp3) is 0.222. The number of allylic oxidation sites excluding steroid dienone is 2. The number of fused-ring (bicyclic) bond motifs is 1. The van der Waals surface area contributed by atoms with Gasteiger partial charge in [0.25, 0.3) is 0 Å². The zero-order valence-corrected chi connectivity index (χ0v) is 6.04. The summed E-state index contributed by atoms with van der Waals surface area (Å²) < 4.78 is 2.25. The van der Waals surface area contributed by atoms with Crippen LogP contribution in [0, 0.1) is 0 Å². The predicted octanol–water partition coefficient (Wildman–Crippen LogP) is 1.39. The fourth-order valence-corrected chi connectivity index (χ4v) is 1.33. The van der Waals surface area contributed by atoms with Crippen LogP contribution in [-0.4, -0.2) is 0 Å². The lowest BCUT2D eigenvalue weighted by Gasteiger charge is -1.90. The molecule has 0 N–H and O–H groups in total. The molecule has 0 saturated heterocycles. The molecule has 2 rings (SSSR count). The summed E-state index contributed by atoms with van der Waals surface area (Å²) in [4.78, 5) is 0. The number of rotatable bonds is 0. The van der Waals surface area contributed by atoms with Gasteiger partial charge < -0.3 is 0 Å². The SMILES string of the molecule is CC1=CC[n+]2ccccc21. The molecule has 0 amide bonds. The van der Waals surface area contributed by atoms with Crippen LogP contribution < -0.4 is 4.57 Å². The van der Waals surface area contributed by atoms with Gasteiger partial charge in [-0.3, -0.25) is 0 Å². The summed E-state index contributed by atoms with van der Waals surface area (Å²) in [6, 6.07) is 6.29. The maximum Gasteiger partial charge on any atom is 0.208 e. The summed E-state index contributed by atoms with van der Waals surface area (Å²) in [5.41, 5.74) is 2.74. The van der Waals surface area contributed by atoms with E-state index in [1.165, 1.54) is 11.3 Å². The van der Waals surface area contributed by atoms with Crippen LogP contribution >= 0.6 is 0 Å². The second-order valence-electron chi connectivity index (χ2n) is 2.63. The highest BCUT2D eigenvalue weighted by Crippen LogP contribution is 2.12. The molecular weight excluding hydrogens is 122 g/mol. The first kappa shape index (κ1) is 5.66. The van der Waals surface area contributed by atoms with Gasteiger partial charge in [0.05, 0.1) is 0 Å². The molecule has 0 aliphatic carbocycles. The summed E-state index contributed by atoms with van der Waals surface area (Å²) in [6.45, 7) is 3.20. The number of hydrogen-bond donors (Lipinski definition) is 0. The van der Waals surface area contributed by atoms with Crippen LogP contribution in [0.2, 0.25) is 0 Å². The molecule has 1 aliphatic rings. The number of nitrogens with zero attached hydrogens (tertiary/aromatic N) is 1. The first-order valence-electron chi connectivity index (χ1n) is 3.53. The van der Waals surface area contributed by atoms with Crippen LogP contribution in [0.3, 0.4) is 0 Å². The molecule has 0 saturated carbocycles. The molecular formula is C9H10N+. The average molecular weight is 132 g/mol. The zero-order valence-electron chi connectivity index (χ0n) is 6.04. The third-order valence-electron chi connectivity index (χ3n) is 1.94. The van der Waals surface area contributed by atoms with E-state index in [0.29, 0.717) is 0 Å². The van der Waals surface area contributed by atoms with Crippen molar-refractivity contribution in [1.82, 2.24) is 0 Å². The van der Waals surface area contributed by atoms with E-state index in [4.69, 9.17) is 0 Å². The molecule has 0 aromatic carbocycles. The summed E-state index contributed by atoms with van der Waals surface area (Å²) in [7, 11) is 0. The summed E-state index contributed by atoms with van der Waals surface area (Å²) >= 11 is 0. The van der Waals surface area contributed by atoms with Gasteiger partial charge in [-0.15, -0.1) is 0 Å². The molecule has 0 bridgehead atoms. The van der Waals surface area contributed by atoms with E-state index < -0.39 is 0 Å². The molecule has 50 valence electrons. The van der Waals surface area contributed by atoms with Gasteiger partial charge in [-0.25, -0.2) is 0 Å². The van der Waals surface area contributed by atoms with Gasteiger partial charge in [-0.1, -0.05) is 0 Å². The third kappa shape index (κ3) is 0.670. The minimum absolute atomic E-state index is 1.04. The van der Waals surface area contributed by atoms with Gasteiger partial charge >= 0.3 is 0 Å². The van der Waals surface area contributed by atoms with Crippen LogP contribution in [0.15, 0.2) is 30.5 Å². The maximum atomic E-state index is 2.25. The number of pyridine rings is 1. The van der Waals surface area contributed by atoms with Gasteiger partial charge in [0.1, 0.15) is 0 Å². The van der Waals surface area contributed by atoms with E-state index in [1.807, 2.05) is 0 Å². The Labute approximate surface area is 60.6 Å². The van der Waals surface area contributed by atoms with Gasteiger partial charge in [0.2, 0.25) is 5.69 Å². The maximum absolute atomic E-state index is 2.25. The van der Waals surface area contributed by atoms with E-state index in [-0.39, 0.29) is 0 Å². The first-order valence-corrected chi connectivity index (χ1v) is 3.53. The monoisotopic (exact) mass is 132 g/mol. The zero-order chi connectivity index (χ0) is 6.97. The van der Waals surface area contributed by atoms with Crippen LogP contribution in [-0.2, 0) is 6.54 Å². The van der Waals surface area contributed by atoms with Crippen molar-refractivity contribution in [3.05, 3.63) is 36.2 Å². The number of hydrogen-bond acceptors (Lipinski definition) is 0. The summed E-state index contributed by atoms with van der Waals surface area (Å²) in [5.74, 6) is 0. The van der Waals surface area contributed by atoms with Crippen molar-refractivity contribution in [2.24, 2.45) is 0 Å². The molecule has 0 spiro atoms. The Hall–Kier alpha value is -1.11. The van der Waals surface area contributed by atoms with Crippen LogP contribution in [0.1, 0.15) is 12.6 Å². The highest BCUT2D eigenvalue weighted by molar-refractivity contribution is 5.59. The van der Waals surface area contributed by atoms with E-state index in [0.717, 1.165) is 6.54 Å². The molecule has 1 nitrogen and oxygen atoms in total. The molecule has 1 aliphatic heterocycles. The second-order valence-corrected chi connectivity index (χ2v) is 2.63. The highest BCUT2D eigenvalue weighted by atomic mass is 15.0. The van der Waals surface area contributed by atoms with Crippen molar-refractivity contribution < 1.29 is 4.57 Å². The van der Waals surface area contributed by atoms with E-state index in [2.05, 4.69) is 42.0 Å². The van der Waals surface area contributed by atoms with Crippen molar-refractivity contribution in [2.45, 2.75) is 13.5 Å². The van der Waals surface area contributed by atoms with Crippen molar-refractivity contribution in [2.75, 3.05) is 0 Å². The van der Waals surface area contributed by atoms with Crippen molar-refractivity contribution >= 4 is 5.57 Å². The van der Waals surface area contributed by atoms with Gasteiger partial charge in [0.15, 0.2) is 12.7 Å². The third-order valence-corrected chi connectivity index (χ3v) is 1.94. The van der Waals surface area contributed by atoms with Crippen LogP contribution in [0.5, 0.6) is 0 Å². The predicted molar refractivity (Wildman–Crippen MR) is 40.3 cm³/mol. The lowest BCUT2D eigenvalue weighted by molar-refractivity contribution is -0.684. The second kappa shape index (κ2) is 1.94. The molecule has 0 fully saturated rings. The molecule has 10 heavy (non-hydrogen) atoms. The first-order chi connectivity index (χ1) is 4.88. The van der Waals surface area contributed by atoms with E-state index in [1.54, 1.807) is 0 Å². The van der Waals surface area contributed by atoms with Crippen molar-refractivity contribution in [1.29, 1.82) is 0 Å². The van der Waals surface area contributed by atoms with E-state index >= 15 is 0 Å². The molecule has 1 aromatic rings. The molecule has 0 atom stereocenters. The van der Waals surface area contributed by atoms with E-state index in [9.17, 15) is 0 Å². The lowest BCUT2D eigenvalue weighted by Crippen LogP contribution is -2.32.